The number of carbonyl (C=O) groups is 1. The molecule has 1 heterocycles. The van der Waals surface area contributed by atoms with Gasteiger partial charge in [-0.3, -0.25) is 0 Å². The number of anilines is 1. The van der Waals surface area contributed by atoms with Crippen molar-refractivity contribution in [1.82, 2.24) is 0 Å². The van der Waals surface area contributed by atoms with E-state index in [0.717, 1.165) is 29.2 Å². The van der Waals surface area contributed by atoms with Gasteiger partial charge in [0.25, 0.3) is 0 Å². The van der Waals surface area contributed by atoms with Crippen LogP contribution in [0.1, 0.15) is 39.9 Å². The van der Waals surface area contributed by atoms with Gasteiger partial charge in [0.15, 0.2) is 0 Å². The van der Waals surface area contributed by atoms with Crippen LogP contribution in [0.3, 0.4) is 0 Å². The van der Waals surface area contributed by atoms with E-state index >= 15 is 0 Å². The highest BCUT2D eigenvalue weighted by molar-refractivity contribution is 5.87. The van der Waals surface area contributed by atoms with E-state index in [-0.39, 0.29) is 12.0 Å². The largest absolute Gasteiger partial charge is 0.497 e. The molecule has 0 fully saturated rings. The van der Waals surface area contributed by atoms with Crippen molar-refractivity contribution < 1.29 is 19.4 Å². The van der Waals surface area contributed by atoms with Crippen molar-refractivity contribution in [3.8, 4) is 11.5 Å². The van der Waals surface area contributed by atoms with E-state index < -0.39 is 5.97 Å². The predicted octanol–water partition coefficient (Wildman–Crippen LogP) is 4.23. The molecule has 2 aliphatic rings. The molecule has 0 aromatic heterocycles. The Morgan fingerprint density at radius 2 is 1.92 bits per heavy atom. The molecule has 0 saturated carbocycles. The first-order chi connectivity index (χ1) is 12.6. The van der Waals surface area contributed by atoms with Crippen molar-refractivity contribution in [2.75, 3.05) is 19.5 Å². The highest BCUT2D eigenvalue weighted by Crippen LogP contribution is 2.53. The number of methoxy groups -OCH3 is 2. The average molecular weight is 351 g/mol. The Morgan fingerprint density at radius 1 is 1.15 bits per heavy atom. The molecule has 5 heteroatoms. The second kappa shape index (κ2) is 6.41. The van der Waals surface area contributed by atoms with Crippen molar-refractivity contribution in [3.05, 3.63) is 65.2 Å². The maximum atomic E-state index is 11.1. The molecule has 0 unspecified atom stereocenters. The lowest BCUT2D eigenvalue weighted by Gasteiger charge is -2.38. The van der Waals surface area contributed by atoms with Gasteiger partial charge in [-0.2, -0.15) is 0 Å². The number of benzene rings is 2. The summed E-state index contributed by atoms with van der Waals surface area (Å²) in [7, 11) is 3.32. The van der Waals surface area contributed by atoms with E-state index in [1.165, 1.54) is 5.56 Å². The van der Waals surface area contributed by atoms with Crippen LogP contribution in [0.2, 0.25) is 0 Å². The highest BCUT2D eigenvalue weighted by atomic mass is 16.5. The van der Waals surface area contributed by atoms with Crippen molar-refractivity contribution in [1.29, 1.82) is 0 Å². The van der Waals surface area contributed by atoms with Gasteiger partial charge in [-0.15, -0.1) is 0 Å². The molecule has 4 rings (SSSR count). The van der Waals surface area contributed by atoms with Crippen LogP contribution in [0.25, 0.3) is 0 Å². The first-order valence-corrected chi connectivity index (χ1v) is 8.64. The van der Waals surface area contributed by atoms with Crippen LogP contribution in [0.5, 0.6) is 11.5 Å². The number of carboxylic acids is 1. The maximum absolute atomic E-state index is 11.1. The molecule has 2 N–H and O–H groups in total. The normalized spacial score (nSPS) is 22.9. The fourth-order valence-corrected chi connectivity index (χ4v) is 4.08. The first kappa shape index (κ1) is 16.5. The lowest BCUT2D eigenvalue weighted by Crippen LogP contribution is -2.29. The molecule has 1 aliphatic carbocycles. The zero-order chi connectivity index (χ0) is 18.3. The molecule has 0 saturated heterocycles. The summed E-state index contributed by atoms with van der Waals surface area (Å²) < 4.78 is 11.0. The monoisotopic (exact) mass is 351 g/mol. The number of hydrogen-bond acceptors (Lipinski definition) is 4. The Balaban J connectivity index is 1.77. The van der Waals surface area contributed by atoms with Gasteiger partial charge in [0.2, 0.25) is 0 Å². The summed E-state index contributed by atoms with van der Waals surface area (Å²) in [5, 5.41) is 12.8. The van der Waals surface area contributed by atoms with Crippen LogP contribution in [0, 0.1) is 5.92 Å². The number of nitrogens with one attached hydrogen (secondary N) is 1. The van der Waals surface area contributed by atoms with E-state index in [1.54, 1.807) is 26.4 Å². The Kier molecular flexibility index (Phi) is 4.07. The SMILES string of the molecule is COc1cc(OC)c2c(c1)[C@H]1C=CC[C@H]1[C@H](c1ccc(C(=O)O)cc1)N2. The summed E-state index contributed by atoms with van der Waals surface area (Å²) in [5.74, 6) is 1.28. The summed E-state index contributed by atoms with van der Waals surface area (Å²) in [5.41, 5.74) is 3.54. The Bertz CT molecular complexity index is 872. The fourth-order valence-electron chi connectivity index (χ4n) is 4.08. The second-order valence-electron chi connectivity index (χ2n) is 6.70. The van der Waals surface area contributed by atoms with Gasteiger partial charge in [-0.05, 0) is 41.7 Å². The molecule has 0 amide bonds. The highest BCUT2D eigenvalue weighted by Gasteiger charge is 2.39. The minimum Gasteiger partial charge on any atom is -0.497 e. The smallest absolute Gasteiger partial charge is 0.335 e. The topological polar surface area (TPSA) is 67.8 Å². The van der Waals surface area contributed by atoms with Crippen LogP contribution < -0.4 is 14.8 Å². The lowest BCUT2D eigenvalue weighted by atomic mass is 9.76. The molecule has 3 atom stereocenters. The van der Waals surface area contributed by atoms with Crippen molar-refractivity contribution in [2.24, 2.45) is 5.92 Å². The minimum absolute atomic E-state index is 0.0904. The molecule has 0 radical (unpaired) electrons. The van der Waals surface area contributed by atoms with Gasteiger partial charge in [-0.1, -0.05) is 24.3 Å². The van der Waals surface area contributed by atoms with E-state index in [2.05, 4.69) is 23.5 Å². The number of ether oxygens (including phenoxy) is 2. The predicted molar refractivity (Wildman–Crippen MR) is 99.3 cm³/mol. The summed E-state index contributed by atoms with van der Waals surface area (Å²) in [6.45, 7) is 0. The number of rotatable bonds is 4. The Morgan fingerprint density at radius 3 is 2.58 bits per heavy atom. The van der Waals surface area contributed by atoms with Crippen LogP contribution in [0.4, 0.5) is 5.69 Å². The van der Waals surface area contributed by atoms with Gasteiger partial charge in [0.05, 0.1) is 31.5 Å². The number of allylic oxidation sites excluding steroid dienone is 2. The number of carboxylic acid groups (broad SMARTS) is 1. The molecular weight excluding hydrogens is 330 g/mol. The molecule has 0 bridgehead atoms. The fraction of sp³-hybridized carbons (Fsp3) is 0.286. The van der Waals surface area contributed by atoms with Crippen molar-refractivity contribution in [3.63, 3.8) is 0 Å². The van der Waals surface area contributed by atoms with Gasteiger partial charge < -0.3 is 19.9 Å². The molecule has 1 aliphatic heterocycles. The summed E-state index contributed by atoms with van der Waals surface area (Å²) in [6, 6.07) is 11.2. The van der Waals surface area contributed by atoms with Gasteiger partial charge in [0.1, 0.15) is 11.5 Å². The standard InChI is InChI=1S/C21H21NO4/c1-25-14-10-17-15-4-3-5-16(15)19(22-20(17)18(11-14)26-2)12-6-8-13(9-7-12)21(23)24/h3-4,6-11,15-16,19,22H,5H2,1-2H3,(H,23,24)/t15-,16+,19-/m0/s1. The number of aromatic carboxylic acids is 1. The molecule has 2 aromatic rings. The molecule has 2 aromatic carbocycles. The third-order valence-electron chi connectivity index (χ3n) is 5.38. The van der Waals surface area contributed by atoms with Crippen molar-refractivity contribution >= 4 is 11.7 Å². The molecule has 5 nitrogen and oxygen atoms in total. The summed E-state index contributed by atoms with van der Waals surface area (Å²) >= 11 is 0. The first-order valence-electron chi connectivity index (χ1n) is 8.64. The van der Waals surface area contributed by atoms with Crippen LogP contribution in [0.15, 0.2) is 48.6 Å². The van der Waals surface area contributed by atoms with E-state index in [0.29, 0.717) is 11.5 Å². The zero-order valence-corrected chi connectivity index (χ0v) is 14.7. The van der Waals surface area contributed by atoms with E-state index in [9.17, 15) is 4.79 Å². The Labute approximate surface area is 152 Å². The summed E-state index contributed by atoms with van der Waals surface area (Å²) in [4.78, 5) is 11.1. The third-order valence-corrected chi connectivity index (χ3v) is 5.38. The minimum atomic E-state index is -0.910. The molecular formula is C21H21NO4. The van der Waals surface area contributed by atoms with Crippen LogP contribution in [-0.2, 0) is 0 Å². The molecule has 0 spiro atoms. The molecule has 26 heavy (non-hydrogen) atoms. The quantitative estimate of drug-likeness (QED) is 0.807. The number of fused-ring (bicyclic) bond motifs is 3. The molecule has 134 valence electrons. The third kappa shape index (κ3) is 2.60. The van der Waals surface area contributed by atoms with Crippen molar-refractivity contribution in [2.45, 2.75) is 18.4 Å². The van der Waals surface area contributed by atoms with Gasteiger partial charge >= 0.3 is 5.97 Å². The second-order valence-corrected chi connectivity index (χ2v) is 6.70. The summed E-state index contributed by atoms with van der Waals surface area (Å²) in [6.07, 6.45) is 5.44. The lowest BCUT2D eigenvalue weighted by molar-refractivity contribution is 0.0697. The van der Waals surface area contributed by atoms with Crippen LogP contribution in [-0.4, -0.2) is 25.3 Å². The van der Waals surface area contributed by atoms with E-state index in [1.807, 2.05) is 18.2 Å². The maximum Gasteiger partial charge on any atom is 0.335 e. The van der Waals surface area contributed by atoms with Gasteiger partial charge in [-0.25, -0.2) is 4.79 Å². The average Bonchev–Trinajstić information content (AvgIpc) is 3.16. The van der Waals surface area contributed by atoms with E-state index in [4.69, 9.17) is 14.6 Å². The Hall–Kier alpha value is -2.95. The van der Waals surface area contributed by atoms with Crippen LogP contribution >= 0.6 is 0 Å². The van der Waals surface area contributed by atoms with Gasteiger partial charge in [0, 0.05) is 12.0 Å². The number of hydrogen-bond donors (Lipinski definition) is 2. The zero-order valence-electron chi connectivity index (χ0n) is 14.7.